The van der Waals surface area contributed by atoms with Crippen LogP contribution in [0.5, 0.6) is 0 Å². The molecule has 0 saturated carbocycles. The van der Waals surface area contributed by atoms with Crippen LogP contribution in [0.4, 0.5) is 15.4 Å². The predicted molar refractivity (Wildman–Crippen MR) is 130 cm³/mol. The van der Waals surface area contributed by atoms with Gasteiger partial charge in [0.25, 0.3) is 0 Å². The van der Waals surface area contributed by atoms with E-state index in [1.54, 1.807) is 41.5 Å². The van der Waals surface area contributed by atoms with Gasteiger partial charge in [0.15, 0.2) is 0 Å². The van der Waals surface area contributed by atoms with E-state index in [9.17, 15) is 24.0 Å². The summed E-state index contributed by atoms with van der Waals surface area (Å²) in [6, 6.07) is 0.127. The Labute approximate surface area is 219 Å². The number of nitrogens with one attached hydrogen (secondary N) is 2. The van der Waals surface area contributed by atoms with Gasteiger partial charge < -0.3 is 29.0 Å². The van der Waals surface area contributed by atoms with Gasteiger partial charge in [-0.25, -0.2) is 19.2 Å². The number of hydrogen-bond acceptors (Lipinski definition) is 11. The van der Waals surface area contributed by atoms with E-state index in [2.05, 4.69) is 15.6 Å². The molecule has 0 radical (unpaired) electrons. The van der Waals surface area contributed by atoms with Crippen molar-refractivity contribution in [2.45, 2.75) is 84.0 Å². The monoisotopic (exact) mass is 538 g/mol. The SMILES string of the molecule is CC(C)(C)OC(=O)Nc1ccn([C@H]2C[C@@H]3COC(=O)C(NC(=O)OC(C)(C)C)CC(=O)OCC3O2)c(=O)n1. The first-order valence-electron chi connectivity index (χ1n) is 12.2. The summed E-state index contributed by atoms with van der Waals surface area (Å²) in [6.07, 6.45) is -1.86. The Morgan fingerprint density at radius 1 is 1.00 bits per heavy atom. The van der Waals surface area contributed by atoms with Crippen molar-refractivity contribution >= 4 is 29.9 Å². The van der Waals surface area contributed by atoms with Crippen molar-refractivity contribution < 1.29 is 42.9 Å². The molecule has 3 rings (SSSR count). The van der Waals surface area contributed by atoms with Gasteiger partial charge in [0.1, 0.15) is 42.0 Å². The van der Waals surface area contributed by atoms with E-state index in [0.717, 1.165) is 0 Å². The Kier molecular flexibility index (Phi) is 8.65. The highest BCUT2D eigenvalue weighted by molar-refractivity contribution is 5.86. The number of esters is 2. The van der Waals surface area contributed by atoms with Gasteiger partial charge in [-0.3, -0.25) is 14.7 Å². The molecule has 2 aliphatic rings. The molecule has 2 saturated heterocycles. The summed E-state index contributed by atoms with van der Waals surface area (Å²) in [6.45, 7) is 9.86. The second-order valence-electron chi connectivity index (χ2n) is 11.0. The number of carbonyl (C=O) groups excluding carboxylic acids is 4. The lowest BCUT2D eigenvalue weighted by Gasteiger charge is -2.25. The molecule has 2 aliphatic heterocycles. The summed E-state index contributed by atoms with van der Waals surface area (Å²) in [5.41, 5.74) is -2.21. The van der Waals surface area contributed by atoms with Gasteiger partial charge >= 0.3 is 29.8 Å². The highest BCUT2D eigenvalue weighted by atomic mass is 16.6. The summed E-state index contributed by atoms with van der Waals surface area (Å²) in [4.78, 5) is 65.5. The van der Waals surface area contributed by atoms with Crippen LogP contribution >= 0.6 is 0 Å². The maximum Gasteiger partial charge on any atom is 0.413 e. The molecule has 3 heterocycles. The number of nitrogens with zero attached hydrogens (tertiary/aromatic N) is 2. The van der Waals surface area contributed by atoms with Crippen molar-refractivity contribution in [3.05, 3.63) is 22.7 Å². The molecule has 0 aliphatic carbocycles. The third kappa shape index (κ3) is 8.43. The summed E-state index contributed by atoms with van der Waals surface area (Å²) >= 11 is 0. The van der Waals surface area contributed by atoms with Gasteiger partial charge in [-0.05, 0) is 47.6 Å². The molecule has 2 fully saturated rings. The Morgan fingerprint density at radius 2 is 1.66 bits per heavy atom. The lowest BCUT2D eigenvalue weighted by Crippen LogP contribution is -2.46. The normalized spacial score (nSPS) is 24.4. The van der Waals surface area contributed by atoms with Crippen LogP contribution in [0.15, 0.2) is 17.1 Å². The maximum absolute atomic E-state index is 12.7. The molecule has 1 aromatic heterocycles. The van der Waals surface area contributed by atoms with E-state index in [1.807, 2.05) is 0 Å². The zero-order valence-electron chi connectivity index (χ0n) is 22.3. The molecular weight excluding hydrogens is 504 g/mol. The van der Waals surface area contributed by atoms with Gasteiger partial charge in [-0.1, -0.05) is 0 Å². The second-order valence-corrected chi connectivity index (χ2v) is 11.0. The number of rotatable bonds is 3. The summed E-state index contributed by atoms with van der Waals surface area (Å²) in [5, 5.41) is 4.74. The van der Waals surface area contributed by atoms with Crippen molar-refractivity contribution in [1.82, 2.24) is 14.9 Å². The summed E-state index contributed by atoms with van der Waals surface area (Å²) in [7, 11) is 0. The Hall–Kier alpha value is -3.68. The fourth-order valence-corrected chi connectivity index (χ4v) is 3.75. The fraction of sp³-hybridized carbons (Fsp3) is 0.667. The van der Waals surface area contributed by atoms with Crippen LogP contribution in [0.25, 0.3) is 0 Å². The van der Waals surface area contributed by atoms with E-state index in [1.165, 1.54) is 16.8 Å². The highest BCUT2D eigenvalue weighted by Gasteiger charge is 2.40. The van der Waals surface area contributed by atoms with E-state index in [0.29, 0.717) is 0 Å². The second kappa shape index (κ2) is 11.4. The summed E-state index contributed by atoms with van der Waals surface area (Å²) in [5.74, 6) is -1.98. The van der Waals surface area contributed by atoms with Crippen molar-refractivity contribution in [2.75, 3.05) is 18.5 Å². The number of ether oxygens (including phenoxy) is 5. The zero-order valence-corrected chi connectivity index (χ0v) is 22.3. The number of amides is 2. The molecular formula is C24H34N4O10. The van der Waals surface area contributed by atoms with Gasteiger partial charge in [0.2, 0.25) is 0 Å². The van der Waals surface area contributed by atoms with E-state index < -0.39 is 71.7 Å². The van der Waals surface area contributed by atoms with Crippen LogP contribution in [-0.4, -0.2) is 70.2 Å². The minimum Gasteiger partial charge on any atom is -0.464 e. The Morgan fingerprint density at radius 3 is 2.29 bits per heavy atom. The molecule has 14 nitrogen and oxygen atoms in total. The molecule has 210 valence electrons. The largest absolute Gasteiger partial charge is 0.464 e. The van der Waals surface area contributed by atoms with Gasteiger partial charge in [0.05, 0.1) is 13.0 Å². The molecule has 1 aromatic rings. The molecule has 14 heteroatoms. The molecule has 0 spiro atoms. The number of alkyl carbamates (subject to hydrolysis) is 1. The van der Waals surface area contributed by atoms with Gasteiger partial charge in [-0.15, -0.1) is 0 Å². The average Bonchev–Trinajstić information content (AvgIpc) is 3.15. The summed E-state index contributed by atoms with van der Waals surface area (Å²) < 4.78 is 28.1. The number of carbonyl (C=O) groups is 4. The first kappa shape index (κ1) is 28.9. The van der Waals surface area contributed by atoms with Crippen LogP contribution in [0, 0.1) is 5.92 Å². The quantitative estimate of drug-likeness (QED) is 0.425. The van der Waals surface area contributed by atoms with Crippen LogP contribution < -0.4 is 16.3 Å². The van der Waals surface area contributed by atoms with E-state index in [-0.39, 0.29) is 25.5 Å². The lowest BCUT2D eigenvalue weighted by atomic mass is 10.0. The lowest BCUT2D eigenvalue weighted by molar-refractivity contribution is -0.160. The zero-order chi connectivity index (χ0) is 28.3. The first-order chi connectivity index (χ1) is 17.6. The van der Waals surface area contributed by atoms with E-state index in [4.69, 9.17) is 23.7 Å². The highest BCUT2D eigenvalue weighted by Crippen LogP contribution is 2.34. The van der Waals surface area contributed by atoms with Gasteiger partial charge in [0, 0.05) is 18.5 Å². The van der Waals surface area contributed by atoms with Gasteiger partial charge in [-0.2, -0.15) is 4.98 Å². The molecule has 0 bridgehead atoms. The average molecular weight is 539 g/mol. The van der Waals surface area contributed by atoms with Crippen LogP contribution in [0.2, 0.25) is 0 Å². The predicted octanol–water partition coefficient (Wildman–Crippen LogP) is 1.88. The molecule has 38 heavy (non-hydrogen) atoms. The minimum atomic E-state index is -1.29. The third-order valence-electron chi connectivity index (χ3n) is 5.33. The number of hydrogen-bond donors (Lipinski definition) is 2. The molecule has 2 unspecified atom stereocenters. The first-order valence-corrected chi connectivity index (χ1v) is 12.2. The van der Waals surface area contributed by atoms with Crippen molar-refractivity contribution in [2.24, 2.45) is 5.92 Å². The minimum absolute atomic E-state index is 0.00359. The maximum atomic E-state index is 12.7. The molecule has 2 amide bonds. The number of fused-ring (bicyclic) bond motifs is 1. The molecule has 2 N–H and O–H groups in total. The van der Waals surface area contributed by atoms with Crippen LogP contribution in [0.1, 0.15) is 60.6 Å². The van der Waals surface area contributed by atoms with Crippen molar-refractivity contribution in [3.8, 4) is 0 Å². The van der Waals surface area contributed by atoms with Crippen molar-refractivity contribution in [1.29, 1.82) is 0 Å². The number of aromatic nitrogens is 2. The fourth-order valence-electron chi connectivity index (χ4n) is 3.75. The number of cyclic esters (lactones) is 2. The topological polar surface area (TPSA) is 173 Å². The van der Waals surface area contributed by atoms with Crippen LogP contribution in [-0.2, 0) is 33.3 Å². The van der Waals surface area contributed by atoms with Crippen molar-refractivity contribution in [3.63, 3.8) is 0 Å². The van der Waals surface area contributed by atoms with Crippen LogP contribution in [0.3, 0.4) is 0 Å². The standard InChI is InChI=1S/C24H34N4O10/c1-23(2,3)37-21(32)25-14-10-18(29)34-12-15-13(11-35-19(14)30)9-17(36-15)28-8-7-16(26-20(28)31)27-22(33)38-24(4,5)6/h7-8,13-15,17H,9-12H2,1-6H3,(H,25,32)(H,26,27,31,33)/t13-,14?,15?,17-/m1/s1. The molecule has 0 aromatic carbocycles. The number of anilines is 1. The smallest absolute Gasteiger partial charge is 0.413 e. The molecule has 4 atom stereocenters. The third-order valence-corrected chi connectivity index (χ3v) is 5.33. The Balaban J connectivity index is 1.66. The Bertz CT molecular complexity index is 1120. The van der Waals surface area contributed by atoms with E-state index >= 15 is 0 Å².